The van der Waals surface area contributed by atoms with Gasteiger partial charge in [0.15, 0.2) is 12.6 Å². The van der Waals surface area contributed by atoms with Crippen molar-refractivity contribution in [2.45, 2.75) is 105 Å². The van der Waals surface area contributed by atoms with Gasteiger partial charge in [0.1, 0.15) is 54.9 Å². The maximum Gasteiger partial charge on any atom is 0.187 e. The molecular weight excluding hydrogens is 486 g/mol. The standard InChI is InChI=1S/C21H35N3O10S/c1-4-9(25)18-13(28)12(27)10(24)20(33-18)32-17-8(23)5-7(22)11(26)19(17)34-21-15(30)14(29)16(31-21)6(2)35-3/h1,7-21,25-30H,3,5,22-24H2,2H3/t7-,8?,9-,10?,11?,12?,13+,14?,15+,16-,17-,18?,19?,20+,21+/m1/s1. The van der Waals surface area contributed by atoms with Crippen molar-refractivity contribution < 1.29 is 49.6 Å². The highest BCUT2D eigenvalue weighted by Gasteiger charge is 2.53. The highest BCUT2D eigenvalue weighted by Crippen LogP contribution is 2.32. The van der Waals surface area contributed by atoms with Crippen LogP contribution in [-0.4, -0.2) is 133 Å². The minimum atomic E-state index is -1.59. The van der Waals surface area contributed by atoms with Gasteiger partial charge in [-0.1, -0.05) is 5.92 Å². The van der Waals surface area contributed by atoms with Gasteiger partial charge in [-0.05, 0) is 19.2 Å². The number of ether oxygens (including phenoxy) is 4. The number of aliphatic hydroxyl groups is 6. The van der Waals surface area contributed by atoms with Crippen LogP contribution < -0.4 is 17.2 Å². The SMILES string of the molecule is C#C[C@@H](O)C1O[C@H](O[C@@H]2C(N)C[C@@H](N)C(O)C2O[C@@H]2O[C@H](C(C)=S=C)C(O)[C@@H]2O)C(N)C(O)[C@@H]1O. The molecule has 3 aliphatic rings. The van der Waals surface area contributed by atoms with Gasteiger partial charge in [0.25, 0.3) is 0 Å². The maximum atomic E-state index is 10.8. The molecule has 1 saturated carbocycles. The zero-order valence-corrected chi connectivity index (χ0v) is 19.9. The molecule has 15 atom stereocenters. The Morgan fingerprint density at radius 2 is 1.57 bits per heavy atom. The van der Waals surface area contributed by atoms with Gasteiger partial charge in [-0.25, -0.2) is 0 Å². The third-order valence-corrected chi connectivity index (χ3v) is 7.35. The maximum absolute atomic E-state index is 10.8. The fourth-order valence-electron chi connectivity index (χ4n) is 4.48. The van der Waals surface area contributed by atoms with Crippen LogP contribution in [0.4, 0.5) is 0 Å². The molecule has 0 spiro atoms. The molecule has 3 rings (SSSR count). The summed E-state index contributed by atoms with van der Waals surface area (Å²) in [6.45, 7) is 1.68. The van der Waals surface area contributed by atoms with Gasteiger partial charge in [0.05, 0.1) is 12.1 Å². The lowest BCUT2D eigenvalue weighted by Crippen LogP contribution is -2.68. The zero-order chi connectivity index (χ0) is 26.2. The predicted molar refractivity (Wildman–Crippen MR) is 126 cm³/mol. The van der Waals surface area contributed by atoms with Crippen molar-refractivity contribution in [3.05, 3.63) is 0 Å². The lowest BCUT2D eigenvalue weighted by molar-refractivity contribution is -0.313. The van der Waals surface area contributed by atoms with E-state index in [2.05, 4.69) is 5.87 Å². The Hall–Kier alpha value is -1.00. The van der Waals surface area contributed by atoms with Crippen LogP contribution in [0, 0.1) is 12.3 Å². The molecule has 0 amide bonds. The fourth-order valence-corrected chi connectivity index (χ4v) is 4.84. The molecule has 0 aromatic rings. The van der Waals surface area contributed by atoms with E-state index in [0.717, 1.165) is 10.9 Å². The van der Waals surface area contributed by atoms with Crippen molar-refractivity contribution in [1.29, 1.82) is 0 Å². The Morgan fingerprint density at radius 3 is 2.17 bits per heavy atom. The third-order valence-electron chi connectivity index (χ3n) is 6.66. The van der Waals surface area contributed by atoms with E-state index in [1.807, 2.05) is 5.92 Å². The minimum absolute atomic E-state index is 0.111. The van der Waals surface area contributed by atoms with Gasteiger partial charge in [0, 0.05) is 16.9 Å². The summed E-state index contributed by atoms with van der Waals surface area (Å²) in [5, 5.41) is 62.2. The third kappa shape index (κ3) is 5.64. The summed E-state index contributed by atoms with van der Waals surface area (Å²) < 4.78 is 23.0. The molecule has 0 aromatic carbocycles. The van der Waals surface area contributed by atoms with Gasteiger partial charge in [-0.15, -0.1) is 6.42 Å². The molecule has 2 aliphatic heterocycles. The first kappa shape index (κ1) is 28.6. The van der Waals surface area contributed by atoms with E-state index >= 15 is 0 Å². The van der Waals surface area contributed by atoms with Crippen LogP contribution in [0.1, 0.15) is 13.3 Å². The van der Waals surface area contributed by atoms with Crippen LogP contribution in [0.5, 0.6) is 0 Å². The number of terminal acetylenes is 1. The van der Waals surface area contributed by atoms with E-state index in [1.54, 1.807) is 6.92 Å². The largest absolute Gasteiger partial charge is 0.389 e. The Labute approximate surface area is 206 Å². The van der Waals surface area contributed by atoms with Crippen LogP contribution in [0.15, 0.2) is 0 Å². The number of nitrogens with two attached hydrogens (primary N) is 3. The lowest BCUT2D eigenvalue weighted by Gasteiger charge is -2.47. The minimum Gasteiger partial charge on any atom is -0.389 e. The first-order valence-electron chi connectivity index (χ1n) is 11.1. The lowest BCUT2D eigenvalue weighted by atomic mass is 9.84. The topological polar surface area (TPSA) is 236 Å². The van der Waals surface area contributed by atoms with Crippen LogP contribution in [-0.2, 0) is 18.9 Å². The van der Waals surface area contributed by atoms with E-state index in [0.29, 0.717) is 4.86 Å². The summed E-state index contributed by atoms with van der Waals surface area (Å²) in [5.41, 5.74) is 18.2. The van der Waals surface area contributed by atoms with Gasteiger partial charge in [0.2, 0.25) is 0 Å². The van der Waals surface area contributed by atoms with Crippen LogP contribution in [0.25, 0.3) is 0 Å². The van der Waals surface area contributed by atoms with Gasteiger partial charge < -0.3 is 66.8 Å². The summed E-state index contributed by atoms with van der Waals surface area (Å²) in [5.74, 6) is 5.67. The van der Waals surface area contributed by atoms with Crippen molar-refractivity contribution in [3.8, 4) is 12.3 Å². The van der Waals surface area contributed by atoms with E-state index in [-0.39, 0.29) is 6.42 Å². The molecule has 7 unspecified atom stereocenters. The molecular formula is C21H35N3O10S. The molecule has 3 fully saturated rings. The second-order valence-corrected chi connectivity index (χ2v) is 9.99. The molecule has 35 heavy (non-hydrogen) atoms. The molecule has 0 bridgehead atoms. The Bertz CT molecular complexity index is 841. The summed E-state index contributed by atoms with van der Waals surface area (Å²) >= 11 is 0. The molecule has 2 heterocycles. The monoisotopic (exact) mass is 521 g/mol. The second kappa shape index (κ2) is 11.6. The van der Waals surface area contributed by atoms with Crippen LogP contribution in [0.2, 0.25) is 0 Å². The molecule has 13 nitrogen and oxygen atoms in total. The van der Waals surface area contributed by atoms with Crippen molar-refractivity contribution in [3.63, 3.8) is 0 Å². The number of hydrogen-bond acceptors (Lipinski definition) is 13. The van der Waals surface area contributed by atoms with E-state index in [1.165, 1.54) is 0 Å². The molecule has 12 N–H and O–H groups in total. The summed E-state index contributed by atoms with van der Waals surface area (Å²) in [6, 6.07) is -2.92. The Morgan fingerprint density at radius 1 is 0.943 bits per heavy atom. The smallest absolute Gasteiger partial charge is 0.187 e. The van der Waals surface area contributed by atoms with Crippen molar-refractivity contribution in [2.24, 2.45) is 17.2 Å². The van der Waals surface area contributed by atoms with Gasteiger partial charge in [-0.3, -0.25) is 0 Å². The highest BCUT2D eigenvalue weighted by atomic mass is 32.1. The number of hydrogen-bond donors (Lipinski definition) is 9. The van der Waals surface area contributed by atoms with Crippen molar-refractivity contribution in [2.75, 3.05) is 0 Å². The van der Waals surface area contributed by atoms with Gasteiger partial charge in [-0.2, -0.15) is 10.9 Å². The molecule has 200 valence electrons. The van der Waals surface area contributed by atoms with Crippen molar-refractivity contribution in [1.82, 2.24) is 0 Å². The number of aliphatic hydroxyl groups excluding tert-OH is 6. The predicted octanol–water partition coefficient (Wildman–Crippen LogP) is -5.25. The van der Waals surface area contributed by atoms with Crippen molar-refractivity contribution >= 4 is 21.7 Å². The van der Waals surface area contributed by atoms with Crippen LogP contribution in [0.3, 0.4) is 0 Å². The second-order valence-electron chi connectivity index (χ2n) is 9.06. The average molecular weight is 522 g/mol. The summed E-state index contributed by atoms with van der Waals surface area (Å²) in [6.07, 6.45) is -11.0. The Balaban J connectivity index is 1.83. The quantitative estimate of drug-likeness (QED) is 0.117. The van der Waals surface area contributed by atoms with E-state index in [9.17, 15) is 30.6 Å². The first-order valence-corrected chi connectivity index (χ1v) is 12.1. The van der Waals surface area contributed by atoms with E-state index in [4.69, 9.17) is 42.6 Å². The Kier molecular flexibility index (Phi) is 9.46. The molecule has 2 saturated heterocycles. The van der Waals surface area contributed by atoms with Crippen LogP contribution >= 0.6 is 10.9 Å². The fraction of sp³-hybridized carbons (Fsp3) is 0.810. The molecule has 14 heteroatoms. The molecule has 1 aliphatic carbocycles. The molecule has 0 aromatic heterocycles. The summed E-state index contributed by atoms with van der Waals surface area (Å²) in [7, 11) is 1.10. The number of rotatable bonds is 6. The first-order chi connectivity index (χ1) is 16.4. The average Bonchev–Trinajstić information content (AvgIpc) is 3.11. The zero-order valence-electron chi connectivity index (χ0n) is 19.1. The van der Waals surface area contributed by atoms with E-state index < -0.39 is 91.7 Å². The highest BCUT2D eigenvalue weighted by molar-refractivity contribution is 7.96. The summed E-state index contributed by atoms with van der Waals surface area (Å²) in [4.78, 5) is 0.597. The molecule has 0 radical (unpaired) electrons. The van der Waals surface area contributed by atoms with Gasteiger partial charge >= 0.3 is 0 Å². The normalized spacial score (nSPS) is 49.3.